The number of benzene rings is 1. The number of para-hydroxylation sites is 1. The summed E-state index contributed by atoms with van der Waals surface area (Å²) >= 11 is 0. The van der Waals surface area contributed by atoms with E-state index in [1.54, 1.807) is 0 Å². The monoisotopic (exact) mass is 328 g/mol. The first-order valence-electron chi connectivity index (χ1n) is 8.47. The number of nitrogens with two attached hydrogens (primary N) is 1. The number of hydrogen-bond acceptors (Lipinski definition) is 3. The van der Waals surface area contributed by atoms with Crippen LogP contribution in [0.3, 0.4) is 0 Å². The van der Waals surface area contributed by atoms with Crippen molar-refractivity contribution in [2.24, 2.45) is 11.7 Å². The molecule has 3 rings (SSSR count). The minimum Gasteiger partial charge on any atom is -0.369 e. The Hall–Kier alpha value is -2.34. The Morgan fingerprint density at radius 2 is 2.00 bits per heavy atom. The van der Waals surface area contributed by atoms with Crippen LogP contribution in [0.2, 0.25) is 0 Å². The molecule has 6 heteroatoms. The number of fused-ring (bicyclic) bond motifs is 1. The number of primary amides is 1. The van der Waals surface area contributed by atoms with Crippen molar-refractivity contribution in [1.29, 1.82) is 0 Å². The quantitative estimate of drug-likeness (QED) is 0.739. The number of carbonyl (C=O) groups is 2. The van der Waals surface area contributed by atoms with Gasteiger partial charge in [0, 0.05) is 29.6 Å². The Morgan fingerprint density at radius 1 is 1.25 bits per heavy atom. The van der Waals surface area contributed by atoms with E-state index in [0.717, 1.165) is 37.9 Å². The largest absolute Gasteiger partial charge is 0.369 e. The van der Waals surface area contributed by atoms with Crippen LogP contribution in [0.4, 0.5) is 0 Å². The summed E-state index contributed by atoms with van der Waals surface area (Å²) < 4.78 is 0. The van der Waals surface area contributed by atoms with Crippen LogP contribution in [0.1, 0.15) is 18.4 Å². The van der Waals surface area contributed by atoms with Crippen LogP contribution >= 0.6 is 0 Å². The van der Waals surface area contributed by atoms with E-state index in [1.807, 2.05) is 24.4 Å². The molecule has 4 N–H and O–H groups in total. The van der Waals surface area contributed by atoms with Crippen LogP contribution in [0.5, 0.6) is 0 Å². The summed E-state index contributed by atoms with van der Waals surface area (Å²) in [6.07, 6.45) is 4.31. The van der Waals surface area contributed by atoms with Gasteiger partial charge in [0.15, 0.2) is 0 Å². The third-order valence-corrected chi connectivity index (χ3v) is 4.75. The van der Waals surface area contributed by atoms with Crippen molar-refractivity contribution in [3.63, 3.8) is 0 Å². The van der Waals surface area contributed by atoms with Crippen LogP contribution in [-0.2, 0) is 16.0 Å². The molecule has 1 aromatic carbocycles. The maximum Gasteiger partial charge on any atom is 0.234 e. The molecule has 1 aliphatic heterocycles. The molecule has 0 unspecified atom stereocenters. The first kappa shape index (κ1) is 16.5. The minimum atomic E-state index is -0.224. The number of rotatable bonds is 6. The van der Waals surface area contributed by atoms with Gasteiger partial charge >= 0.3 is 0 Å². The zero-order chi connectivity index (χ0) is 16.9. The standard InChI is InChI=1S/C18H24N4O2/c19-18(24)13-6-9-22(10-7-13)12-17(23)20-8-5-14-11-21-16-4-2-1-3-15(14)16/h1-4,11,13,21H,5-10,12H2,(H2,19,24)(H,20,23). The van der Waals surface area contributed by atoms with Crippen molar-refractivity contribution in [2.45, 2.75) is 19.3 Å². The molecule has 2 amide bonds. The van der Waals surface area contributed by atoms with E-state index >= 15 is 0 Å². The number of nitrogens with one attached hydrogen (secondary N) is 2. The van der Waals surface area contributed by atoms with E-state index in [4.69, 9.17) is 5.73 Å². The van der Waals surface area contributed by atoms with Crippen molar-refractivity contribution < 1.29 is 9.59 Å². The fraction of sp³-hybridized carbons (Fsp3) is 0.444. The van der Waals surface area contributed by atoms with E-state index in [1.165, 1.54) is 10.9 Å². The summed E-state index contributed by atoms with van der Waals surface area (Å²) in [7, 11) is 0. The van der Waals surface area contributed by atoms with Gasteiger partial charge in [0.1, 0.15) is 0 Å². The van der Waals surface area contributed by atoms with Crippen molar-refractivity contribution in [1.82, 2.24) is 15.2 Å². The Labute approximate surface area is 141 Å². The fourth-order valence-electron chi connectivity index (χ4n) is 3.31. The average molecular weight is 328 g/mol. The predicted molar refractivity (Wildman–Crippen MR) is 93.4 cm³/mol. The number of amides is 2. The lowest BCUT2D eigenvalue weighted by Gasteiger charge is -2.29. The molecule has 24 heavy (non-hydrogen) atoms. The van der Waals surface area contributed by atoms with Gasteiger partial charge < -0.3 is 16.0 Å². The Bertz CT molecular complexity index is 717. The summed E-state index contributed by atoms with van der Waals surface area (Å²) in [5.41, 5.74) is 7.66. The van der Waals surface area contributed by atoms with Crippen LogP contribution in [-0.4, -0.2) is 47.9 Å². The molecule has 1 aliphatic rings. The topological polar surface area (TPSA) is 91.2 Å². The van der Waals surface area contributed by atoms with Crippen molar-refractivity contribution in [3.05, 3.63) is 36.0 Å². The van der Waals surface area contributed by atoms with Gasteiger partial charge in [-0.15, -0.1) is 0 Å². The number of H-pyrrole nitrogens is 1. The lowest BCUT2D eigenvalue weighted by atomic mass is 9.96. The number of aromatic amines is 1. The predicted octanol–water partition coefficient (Wildman–Crippen LogP) is 1.02. The van der Waals surface area contributed by atoms with E-state index in [9.17, 15) is 9.59 Å². The molecule has 1 fully saturated rings. The lowest BCUT2D eigenvalue weighted by molar-refractivity contribution is -0.124. The third-order valence-electron chi connectivity index (χ3n) is 4.75. The maximum absolute atomic E-state index is 12.1. The number of hydrogen-bond donors (Lipinski definition) is 3. The number of piperidine rings is 1. The van der Waals surface area contributed by atoms with Crippen LogP contribution in [0, 0.1) is 5.92 Å². The highest BCUT2D eigenvalue weighted by Crippen LogP contribution is 2.18. The molecule has 1 aromatic heterocycles. The second-order valence-corrected chi connectivity index (χ2v) is 6.41. The Kier molecular flexibility index (Phi) is 5.15. The van der Waals surface area contributed by atoms with Crippen molar-refractivity contribution in [2.75, 3.05) is 26.2 Å². The first-order chi connectivity index (χ1) is 11.6. The van der Waals surface area contributed by atoms with Crippen LogP contribution in [0.25, 0.3) is 10.9 Å². The molecule has 2 heterocycles. The summed E-state index contributed by atoms with van der Waals surface area (Å²) in [5, 5.41) is 4.19. The Morgan fingerprint density at radius 3 is 2.75 bits per heavy atom. The molecular weight excluding hydrogens is 304 g/mol. The average Bonchev–Trinajstić information content (AvgIpc) is 2.99. The molecule has 0 spiro atoms. The smallest absolute Gasteiger partial charge is 0.234 e. The fourth-order valence-corrected chi connectivity index (χ4v) is 3.31. The number of carbonyl (C=O) groups excluding carboxylic acids is 2. The minimum absolute atomic E-state index is 0.0346. The lowest BCUT2D eigenvalue weighted by Crippen LogP contribution is -2.43. The van der Waals surface area contributed by atoms with Gasteiger partial charge in [0.2, 0.25) is 11.8 Å². The highest BCUT2D eigenvalue weighted by Gasteiger charge is 2.23. The summed E-state index contributed by atoms with van der Waals surface area (Å²) in [6, 6.07) is 8.17. The summed E-state index contributed by atoms with van der Waals surface area (Å²) in [5.74, 6) is -0.226. The number of nitrogens with zero attached hydrogens (tertiary/aromatic N) is 1. The van der Waals surface area contributed by atoms with E-state index < -0.39 is 0 Å². The molecule has 0 atom stereocenters. The van der Waals surface area contributed by atoms with Gasteiger partial charge in [-0.05, 0) is 44.0 Å². The van der Waals surface area contributed by atoms with Gasteiger partial charge in [-0.2, -0.15) is 0 Å². The molecule has 1 saturated heterocycles. The molecule has 0 radical (unpaired) electrons. The van der Waals surface area contributed by atoms with Gasteiger partial charge in [0.25, 0.3) is 0 Å². The van der Waals surface area contributed by atoms with Crippen molar-refractivity contribution in [3.8, 4) is 0 Å². The van der Waals surface area contributed by atoms with E-state index in [2.05, 4.69) is 21.3 Å². The molecule has 128 valence electrons. The normalized spacial score (nSPS) is 16.3. The third kappa shape index (κ3) is 3.94. The first-order valence-corrected chi connectivity index (χ1v) is 8.47. The SMILES string of the molecule is NC(=O)C1CCN(CC(=O)NCCc2c[nH]c3ccccc23)CC1. The second-order valence-electron chi connectivity index (χ2n) is 6.41. The molecule has 0 bridgehead atoms. The second kappa shape index (κ2) is 7.49. The Balaban J connectivity index is 1.41. The van der Waals surface area contributed by atoms with Gasteiger partial charge in [-0.1, -0.05) is 18.2 Å². The van der Waals surface area contributed by atoms with E-state index in [0.29, 0.717) is 13.1 Å². The maximum atomic E-state index is 12.1. The molecule has 2 aromatic rings. The highest BCUT2D eigenvalue weighted by atomic mass is 16.2. The van der Waals surface area contributed by atoms with Crippen molar-refractivity contribution >= 4 is 22.7 Å². The van der Waals surface area contributed by atoms with Crippen LogP contribution < -0.4 is 11.1 Å². The van der Waals surface area contributed by atoms with Gasteiger partial charge in [-0.3, -0.25) is 14.5 Å². The highest BCUT2D eigenvalue weighted by molar-refractivity contribution is 5.83. The number of likely N-dealkylation sites (tertiary alicyclic amines) is 1. The zero-order valence-electron chi connectivity index (χ0n) is 13.8. The summed E-state index contributed by atoms with van der Waals surface area (Å²) in [4.78, 5) is 28.5. The number of aromatic nitrogens is 1. The molecule has 0 aliphatic carbocycles. The zero-order valence-corrected chi connectivity index (χ0v) is 13.8. The van der Waals surface area contributed by atoms with Crippen LogP contribution in [0.15, 0.2) is 30.5 Å². The molecule has 6 nitrogen and oxygen atoms in total. The summed E-state index contributed by atoms with van der Waals surface area (Å²) in [6.45, 7) is 2.52. The van der Waals surface area contributed by atoms with Gasteiger partial charge in [0.05, 0.1) is 6.54 Å². The van der Waals surface area contributed by atoms with Gasteiger partial charge in [-0.25, -0.2) is 0 Å². The van der Waals surface area contributed by atoms with E-state index in [-0.39, 0.29) is 17.7 Å². The molecular formula is C18H24N4O2. The molecule has 0 saturated carbocycles.